The molecule has 2 aliphatic rings. The van der Waals surface area contributed by atoms with Crippen LogP contribution in [0, 0.1) is 11.6 Å². The van der Waals surface area contributed by atoms with Gasteiger partial charge in [0.25, 0.3) is 0 Å². The third-order valence-corrected chi connectivity index (χ3v) is 4.44. The van der Waals surface area contributed by atoms with Crippen LogP contribution < -0.4 is 10.2 Å². The zero-order valence-corrected chi connectivity index (χ0v) is 11.1. The summed E-state index contributed by atoms with van der Waals surface area (Å²) >= 11 is 0. The van der Waals surface area contributed by atoms with Crippen molar-refractivity contribution in [2.24, 2.45) is 0 Å². The van der Waals surface area contributed by atoms with Crippen molar-refractivity contribution in [2.75, 3.05) is 24.5 Å². The highest BCUT2D eigenvalue weighted by molar-refractivity contribution is 5.50. The molecule has 3 rings (SSSR count). The van der Waals surface area contributed by atoms with Crippen LogP contribution in [0.5, 0.6) is 0 Å². The van der Waals surface area contributed by atoms with E-state index in [0.717, 1.165) is 19.4 Å². The van der Waals surface area contributed by atoms with Crippen molar-refractivity contribution in [1.29, 1.82) is 0 Å². The molecule has 2 fully saturated rings. The van der Waals surface area contributed by atoms with Crippen molar-refractivity contribution in [3.05, 3.63) is 29.8 Å². The molecule has 1 saturated carbocycles. The minimum atomic E-state index is -0.451. The van der Waals surface area contributed by atoms with Gasteiger partial charge in [-0.2, -0.15) is 0 Å². The van der Waals surface area contributed by atoms with Crippen LogP contribution in [0.4, 0.5) is 14.5 Å². The summed E-state index contributed by atoms with van der Waals surface area (Å²) in [6.45, 7) is 2.18. The fraction of sp³-hybridized carbons (Fsp3) is 0.600. The molecule has 1 aromatic rings. The SMILES string of the molecule is Fc1cccc(F)c1N1CCNC2(CCCCC2)C1. The Kier molecular flexibility index (Phi) is 3.44. The van der Waals surface area contributed by atoms with Crippen LogP contribution in [0.3, 0.4) is 0 Å². The zero-order chi connectivity index (χ0) is 13.3. The summed E-state index contributed by atoms with van der Waals surface area (Å²) in [5.74, 6) is -0.902. The van der Waals surface area contributed by atoms with E-state index >= 15 is 0 Å². The molecule has 4 heteroatoms. The van der Waals surface area contributed by atoms with Crippen molar-refractivity contribution in [3.8, 4) is 0 Å². The summed E-state index contributed by atoms with van der Waals surface area (Å²) < 4.78 is 27.8. The van der Waals surface area contributed by atoms with Crippen molar-refractivity contribution in [3.63, 3.8) is 0 Å². The topological polar surface area (TPSA) is 15.3 Å². The molecule has 2 nitrogen and oxygen atoms in total. The largest absolute Gasteiger partial charge is 0.364 e. The molecule has 1 aliphatic carbocycles. The van der Waals surface area contributed by atoms with E-state index in [2.05, 4.69) is 5.32 Å². The molecule has 1 N–H and O–H groups in total. The smallest absolute Gasteiger partial charge is 0.149 e. The average molecular weight is 266 g/mol. The predicted molar refractivity (Wildman–Crippen MR) is 72.4 cm³/mol. The minimum Gasteiger partial charge on any atom is -0.364 e. The number of benzene rings is 1. The minimum absolute atomic E-state index is 0.0607. The number of hydrogen-bond donors (Lipinski definition) is 1. The summed E-state index contributed by atoms with van der Waals surface area (Å²) in [4.78, 5) is 1.88. The highest BCUT2D eigenvalue weighted by atomic mass is 19.1. The molecule has 0 amide bonds. The first kappa shape index (κ1) is 12.9. The molecule has 19 heavy (non-hydrogen) atoms. The van der Waals surface area contributed by atoms with E-state index in [9.17, 15) is 8.78 Å². The van der Waals surface area contributed by atoms with Gasteiger partial charge in [-0.1, -0.05) is 25.3 Å². The number of nitrogens with zero attached hydrogens (tertiary/aromatic N) is 1. The average Bonchev–Trinajstić information content (AvgIpc) is 2.39. The molecule has 1 aliphatic heterocycles. The van der Waals surface area contributed by atoms with Gasteiger partial charge in [0.15, 0.2) is 0 Å². The molecule has 1 spiro atoms. The Hall–Kier alpha value is -1.16. The fourth-order valence-electron chi connectivity index (χ4n) is 3.50. The van der Waals surface area contributed by atoms with Gasteiger partial charge in [0.05, 0.1) is 0 Å². The van der Waals surface area contributed by atoms with Gasteiger partial charge in [-0.15, -0.1) is 0 Å². The van der Waals surface area contributed by atoms with Crippen molar-refractivity contribution >= 4 is 5.69 Å². The Labute approximate surface area is 112 Å². The Bertz CT molecular complexity index is 430. The Morgan fingerprint density at radius 2 is 1.74 bits per heavy atom. The first-order chi connectivity index (χ1) is 9.20. The second-order valence-corrected chi connectivity index (χ2v) is 5.76. The monoisotopic (exact) mass is 266 g/mol. The normalized spacial score (nSPS) is 22.7. The molecule has 0 aromatic heterocycles. The molecule has 0 unspecified atom stereocenters. The third kappa shape index (κ3) is 2.46. The maximum absolute atomic E-state index is 13.9. The van der Waals surface area contributed by atoms with E-state index in [1.165, 1.54) is 37.5 Å². The van der Waals surface area contributed by atoms with Gasteiger partial charge in [0, 0.05) is 25.2 Å². The molecule has 1 aromatic carbocycles. The molecule has 1 heterocycles. The highest BCUT2D eigenvalue weighted by Gasteiger charge is 2.37. The van der Waals surface area contributed by atoms with Gasteiger partial charge >= 0.3 is 0 Å². The highest BCUT2D eigenvalue weighted by Crippen LogP contribution is 2.33. The number of rotatable bonds is 1. The first-order valence-corrected chi connectivity index (χ1v) is 7.14. The van der Waals surface area contributed by atoms with E-state index < -0.39 is 11.6 Å². The summed E-state index contributed by atoms with van der Waals surface area (Å²) in [7, 11) is 0. The third-order valence-electron chi connectivity index (χ3n) is 4.44. The second-order valence-electron chi connectivity index (χ2n) is 5.76. The molecule has 104 valence electrons. The van der Waals surface area contributed by atoms with Crippen molar-refractivity contribution in [2.45, 2.75) is 37.6 Å². The van der Waals surface area contributed by atoms with E-state index in [4.69, 9.17) is 0 Å². The quantitative estimate of drug-likeness (QED) is 0.840. The lowest BCUT2D eigenvalue weighted by molar-refractivity contribution is 0.215. The van der Waals surface area contributed by atoms with Crippen molar-refractivity contribution < 1.29 is 8.78 Å². The van der Waals surface area contributed by atoms with Crippen LogP contribution in [0.25, 0.3) is 0 Å². The lowest BCUT2D eigenvalue weighted by Gasteiger charge is -2.47. The molecule has 0 radical (unpaired) electrons. The predicted octanol–water partition coefficient (Wildman–Crippen LogP) is 3.08. The van der Waals surface area contributed by atoms with Gasteiger partial charge in [0.1, 0.15) is 17.3 Å². The van der Waals surface area contributed by atoms with Crippen LogP contribution in [-0.2, 0) is 0 Å². The lowest BCUT2D eigenvalue weighted by atomic mass is 9.80. The summed E-state index contributed by atoms with van der Waals surface area (Å²) in [5, 5.41) is 3.59. The molecular weight excluding hydrogens is 246 g/mol. The van der Waals surface area contributed by atoms with E-state index in [0.29, 0.717) is 13.1 Å². The summed E-state index contributed by atoms with van der Waals surface area (Å²) in [6.07, 6.45) is 5.91. The number of piperazine rings is 1. The number of anilines is 1. The second kappa shape index (κ2) is 5.08. The molecule has 0 atom stereocenters. The fourth-order valence-corrected chi connectivity index (χ4v) is 3.50. The van der Waals surface area contributed by atoms with Gasteiger partial charge in [-0.05, 0) is 25.0 Å². The molecular formula is C15H20F2N2. The van der Waals surface area contributed by atoms with Crippen LogP contribution in [0.1, 0.15) is 32.1 Å². The van der Waals surface area contributed by atoms with Crippen LogP contribution in [0.2, 0.25) is 0 Å². The van der Waals surface area contributed by atoms with Gasteiger partial charge in [0.2, 0.25) is 0 Å². The lowest BCUT2D eigenvalue weighted by Crippen LogP contribution is -2.61. The number of halogens is 2. The Balaban J connectivity index is 1.85. The van der Waals surface area contributed by atoms with Crippen molar-refractivity contribution in [1.82, 2.24) is 5.32 Å². The van der Waals surface area contributed by atoms with Gasteiger partial charge < -0.3 is 10.2 Å². The zero-order valence-electron chi connectivity index (χ0n) is 11.1. The maximum Gasteiger partial charge on any atom is 0.149 e. The molecule has 1 saturated heterocycles. The van der Waals surface area contributed by atoms with Crippen LogP contribution in [-0.4, -0.2) is 25.2 Å². The first-order valence-electron chi connectivity index (χ1n) is 7.14. The van der Waals surface area contributed by atoms with E-state index in [1.807, 2.05) is 4.90 Å². The maximum atomic E-state index is 13.9. The van der Waals surface area contributed by atoms with Gasteiger partial charge in [-0.25, -0.2) is 8.78 Å². The Morgan fingerprint density at radius 3 is 2.42 bits per heavy atom. The standard InChI is InChI=1S/C15H20F2N2/c16-12-5-4-6-13(17)14(12)19-10-9-18-15(11-19)7-2-1-3-8-15/h4-6,18H,1-3,7-11H2. The number of para-hydroxylation sites is 1. The number of hydrogen-bond acceptors (Lipinski definition) is 2. The van der Waals surface area contributed by atoms with E-state index in [1.54, 1.807) is 0 Å². The summed E-state index contributed by atoms with van der Waals surface area (Å²) in [5.41, 5.74) is 0.208. The van der Waals surface area contributed by atoms with Crippen LogP contribution >= 0.6 is 0 Å². The van der Waals surface area contributed by atoms with Gasteiger partial charge in [-0.3, -0.25) is 0 Å². The number of nitrogens with one attached hydrogen (secondary N) is 1. The Morgan fingerprint density at radius 1 is 1.05 bits per heavy atom. The summed E-state index contributed by atoms with van der Waals surface area (Å²) in [6, 6.07) is 4.11. The van der Waals surface area contributed by atoms with Crippen LogP contribution in [0.15, 0.2) is 18.2 Å². The van der Waals surface area contributed by atoms with E-state index in [-0.39, 0.29) is 11.2 Å². The molecule has 0 bridgehead atoms.